The number of alkyl halides is 3. The molecule has 0 aliphatic carbocycles. The maximum absolute atomic E-state index is 13.1. The first-order valence-electron chi connectivity index (χ1n) is 4.91. The third kappa shape index (κ3) is 2.15. The van der Waals surface area contributed by atoms with Crippen molar-refractivity contribution in [1.29, 1.82) is 0 Å². The number of benzene rings is 1. The van der Waals surface area contributed by atoms with Gasteiger partial charge in [0.2, 0.25) is 5.88 Å². The lowest BCUT2D eigenvalue weighted by molar-refractivity contribution is -0.137. The van der Waals surface area contributed by atoms with Crippen LogP contribution in [0.4, 0.5) is 17.6 Å². The van der Waals surface area contributed by atoms with Crippen molar-refractivity contribution in [3.63, 3.8) is 0 Å². The Bertz CT molecular complexity index is 570. The largest absolute Gasteiger partial charge is 0.492 e. The van der Waals surface area contributed by atoms with Crippen LogP contribution in [0, 0.1) is 12.7 Å². The van der Waals surface area contributed by atoms with Crippen molar-refractivity contribution in [3.05, 3.63) is 35.3 Å². The molecule has 2 rings (SSSR count). The van der Waals surface area contributed by atoms with E-state index < -0.39 is 29.0 Å². The Morgan fingerprint density at radius 2 is 1.94 bits per heavy atom. The number of H-pyrrole nitrogens is 1. The molecule has 18 heavy (non-hydrogen) atoms. The summed E-state index contributed by atoms with van der Waals surface area (Å²) in [6.07, 6.45) is -4.63. The standard InChI is InChI=1S/C11H8F4N2O/c1-5-10(18)17-9(16-5)7-4-6(12)2-3-8(7)11(13,14)15/h2-4,18H,1H3,(H,16,17). The van der Waals surface area contributed by atoms with Crippen molar-refractivity contribution in [2.45, 2.75) is 13.1 Å². The highest BCUT2D eigenvalue weighted by molar-refractivity contribution is 5.62. The van der Waals surface area contributed by atoms with E-state index in [4.69, 9.17) is 0 Å². The molecule has 0 saturated heterocycles. The van der Waals surface area contributed by atoms with Gasteiger partial charge < -0.3 is 10.1 Å². The lowest BCUT2D eigenvalue weighted by Gasteiger charge is -2.10. The molecule has 0 spiro atoms. The summed E-state index contributed by atoms with van der Waals surface area (Å²) in [5.74, 6) is -1.45. The molecule has 1 aromatic heterocycles. The number of hydrogen-bond acceptors (Lipinski definition) is 2. The second kappa shape index (κ2) is 4.01. The molecule has 0 aliphatic heterocycles. The lowest BCUT2D eigenvalue weighted by atomic mass is 10.1. The van der Waals surface area contributed by atoms with Crippen molar-refractivity contribution >= 4 is 0 Å². The van der Waals surface area contributed by atoms with Crippen molar-refractivity contribution in [2.24, 2.45) is 0 Å². The fraction of sp³-hybridized carbons (Fsp3) is 0.182. The van der Waals surface area contributed by atoms with Crippen LogP contribution < -0.4 is 0 Å². The molecular weight excluding hydrogens is 252 g/mol. The van der Waals surface area contributed by atoms with Crippen LogP contribution in [-0.4, -0.2) is 15.1 Å². The summed E-state index contributed by atoms with van der Waals surface area (Å²) < 4.78 is 51.3. The first-order valence-corrected chi connectivity index (χ1v) is 4.91. The molecule has 0 aliphatic rings. The van der Waals surface area contributed by atoms with E-state index in [0.717, 1.165) is 12.1 Å². The van der Waals surface area contributed by atoms with Gasteiger partial charge in [0.15, 0.2) is 0 Å². The summed E-state index contributed by atoms with van der Waals surface area (Å²) in [5, 5.41) is 9.25. The van der Waals surface area contributed by atoms with E-state index >= 15 is 0 Å². The molecular formula is C11H8F4N2O. The van der Waals surface area contributed by atoms with Crippen LogP contribution in [0.1, 0.15) is 11.3 Å². The second-order valence-electron chi connectivity index (χ2n) is 3.72. The van der Waals surface area contributed by atoms with Crippen LogP contribution in [0.25, 0.3) is 11.4 Å². The van der Waals surface area contributed by atoms with Gasteiger partial charge in [0.05, 0.1) is 11.3 Å². The van der Waals surface area contributed by atoms with Crippen LogP contribution in [0.5, 0.6) is 5.88 Å². The Labute approximate surface area is 99.1 Å². The minimum absolute atomic E-state index is 0.211. The fourth-order valence-electron chi connectivity index (χ4n) is 1.54. The number of nitrogens with one attached hydrogen (secondary N) is 1. The summed E-state index contributed by atoms with van der Waals surface area (Å²) in [6, 6.07) is 2.09. The monoisotopic (exact) mass is 260 g/mol. The molecule has 3 nitrogen and oxygen atoms in total. The Balaban J connectivity index is 2.65. The number of halogens is 4. The average molecular weight is 260 g/mol. The minimum atomic E-state index is -4.63. The van der Waals surface area contributed by atoms with E-state index in [-0.39, 0.29) is 11.5 Å². The number of aromatic amines is 1. The van der Waals surface area contributed by atoms with Crippen molar-refractivity contribution in [3.8, 4) is 17.3 Å². The van der Waals surface area contributed by atoms with Crippen LogP contribution >= 0.6 is 0 Å². The maximum Gasteiger partial charge on any atom is 0.417 e. The number of aryl methyl sites for hydroxylation is 1. The van der Waals surface area contributed by atoms with E-state index in [1.54, 1.807) is 0 Å². The number of imidazole rings is 1. The Hall–Kier alpha value is -2.05. The number of hydrogen-bond donors (Lipinski definition) is 2. The number of aromatic nitrogens is 2. The third-order valence-corrected chi connectivity index (χ3v) is 2.40. The van der Waals surface area contributed by atoms with Crippen molar-refractivity contribution in [1.82, 2.24) is 9.97 Å². The molecule has 7 heteroatoms. The van der Waals surface area contributed by atoms with Crippen LogP contribution in [0.2, 0.25) is 0 Å². The zero-order chi connectivity index (χ0) is 13.5. The zero-order valence-corrected chi connectivity index (χ0v) is 9.14. The average Bonchev–Trinajstić information content (AvgIpc) is 2.57. The topological polar surface area (TPSA) is 48.9 Å². The Kier molecular flexibility index (Phi) is 2.76. The molecule has 0 saturated carbocycles. The highest BCUT2D eigenvalue weighted by atomic mass is 19.4. The van der Waals surface area contributed by atoms with E-state index in [0.29, 0.717) is 6.07 Å². The molecule has 1 heterocycles. The normalized spacial score (nSPS) is 11.8. The van der Waals surface area contributed by atoms with Gasteiger partial charge in [-0.3, -0.25) is 0 Å². The van der Waals surface area contributed by atoms with Gasteiger partial charge in [0.25, 0.3) is 0 Å². The third-order valence-electron chi connectivity index (χ3n) is 2.40. The molecule has 2 N–H and O–H groups in total. The SMILES string of the molecule is Cc1[nH]c(-c2cc(F)ccc2C(F)(F)F)nc1O. The molecule has 0 amide bonds. The fourth-order valence-corrected chi connectivity index (χ4v) is 1.54. The maximum atomic E-state index is 13.1. The van der Waals surface area contributed by atoms with Gasteiger partial charge >= 0.3 is 6.18 Å². The second-order valence-corrected chi connectivity index (χ2v) is 3.72. The quantitative estimate of drug-likeness (QED) is 0.773. The van der Waals surface area contributed by atoms with E-state index in [1.165, 1.54) is 6.92 Å². The van der Waals surface area contributed by atoms with Crippen molar-refractivity contribution < 1.29 is 22.7 Å². The molecule has 2 aromatic rings. The lowest BCUT2D eigenvalue weighted by Crippen LogP contribution is -2.08. The van der Waals surface area contributed by atoms with Gasteiger partial charge in [-0.1, -0.05) is 0 Å². The van der Waals surface area contributed by atoms with Gasteiger partial charge in [-0.15, -0.1) is 0 Å². The highest BCUT2D eigenvalue weighted by Crippen LogP contribution is 2.37. The predicted octanol–water partition coefficient (Wildman–Crippen LogP) is 3.25. The molecule has 0 unspecified atom stereocenters. The van der Waals surface area contributed by atoms with Gasteiger partial charge in [-0.05, 0) is 25.1 Å². The zero-order valence-electron chi connectivity index (χ0n) is 9.14. The van der Waals surface area contributed by atoms with Crippen LogP contribution in [-0.2, 0) is 6.18 Å². The predicted molar refractivity (Wildman–Crippen MR) is 55.4 cm³/mol. The summed E-state index contributed by atoms with van der Waals surface area (Å²) in [6.45, 7) is 1.44. The summed E-state index contributed by atoms with van der Waals surface area (Å²) in [4.78, 5) is 6.00. The Morgan fingerprint density at radius 3 is 2.44 bits per heavy atom. The molecule has 0 fully saturated rings. The first-order chi connectivity index (χ1) is 8.29. The summed E-state index contributed by atoms with van der Waals surface area (Å²) in [7, 11) is 0. The van der Waals surface area contributed by atoms with Gasteiger partial charge in [0.1, 0.15) is 11.6 Å². The highest BCUT2D eigenvalue weighted by Gasteiger charge is 2.34. The minimum Gasteiger partial charge on any atom is -0.492 e. The van der Waals surface area contributed by atoms with E-state index in [2.05, 4.69) is 9.97 Å². The smallest absolute Gasteiger partial charge is 0.417 e. The van der Waals surface area contributed by atoms with Crippen molar-refractivity contribution in [2.75, 3.05) is 0 Å². The van der Waals surface area contributed by atoms with Gasteiger partial charge in [-0.2, -0.15) is 18.2 Å². The van der Waals surface area contributed by atoms with Gasteiger partial charge in [-0.25, -0.2) is 4.39 Å². The summed E-state index contributed by atoms with van der Waals surface area (Å²) in [5.41, 5.74) is -1.24. The number of nitrogens with zero attached hydrogens (tertiary/aromatic N) is 1. The molecule has 0 bridgehead atoms. The Morgan fingerprint density at radius 1 is 1.28 bits per heavy atom. The van der Waals surface area contributed by atoms with Crippen LogP contribution in [0.15, 0.2) is 18.2 Å². The molecule has 96 valence electrons. The first kappa shape index (κ1) is 12.4. The number of rotatable bonds is 1. The van der Waals surface area contributed by atoms with E-state index in [1.807, 2.05) is 0 Å². The van der Waals surface area contributed by atoms with Gasteiger partial charge in [0, 0.05) is 5.56 Å². The van der Waals surface area contributed by atoms with E-state index in [9.17, 15) is 22.7 Å². The molecule has 0 atom stereocenters. The molecule has 0 radical (unpaired) electrons. The summed E-state index contributed by atoms with van der Waals surface area (Å²) >= 11 is 0. The van der Waals surface area contributed by atoms with Crippen LogP contribution in [0.3, 0.4) is 0 Å². The molecule has 1 aromatic carbocycles. The number of aromatic hydroxyl groups is 1.